The van der Waals surface area contributed by atoms with Crippen molar-refractivity contribution in [2.45, 2.75) is 25.8 Å². The molecule has 0 saturated heterocycles. The fourth-order valence-corrected chi connectivity index (χ4v) is 3.00. The number of benzene rings is 2. The maximum Gasteiger partial charge on any atom is 0.230 e. The normalized spacial score (nSPS) is 11.5. The Hall–Kier alpha value is -2.46. The van der Waals surface area contributed by atoms with Gasteiger partial charge in [0.15, 0.2) is 0 Å². The average molecular weight is 357 g/mol. The quantitative estimate of drug-likeness (QED) is 0.710. The Balaban J connectivity index is 1.82. The molecule has 3 aromatic rings. The summed E-state index contributed by atoms with van der Waals surface area (Å²) in [5, 5.41) is 4.69. The summed E-state index contributed by atoms with van der Waals surface area (Å²) in [7, 11) is 1.64. The van der Waals surface area contributed by atoms with Crippen LogP contribution in [-0.2, 0) is 16.8 Å². The molecule has 0 bridgehead atoms. The first-order chi connectivity index (χ1) is 11.9. The summed E-state index contributed by atoms with van der Waals surface area (Å²) in [6, 6.07) is 13.3. The Morgan fingerprint density at radius 2 is 1.92 bits per heavy atom. The van der Waals surface area contributed by atoms with Crippen LogP contribution in [0.15, 0.2) is 48.7 Å². The van der Waals surface area contributed by atoms with Crippen molar-refractivity contribution in [1.29, 1.82) is 0 Å². The second-order valence-corrected chi connectivity index (χ2v) is 6.98. The molecule has 0 aliphatic carbocycles. The van der Waals surface area contributed by atoms with Crippen molar-refractivity contribution >= 4 is 28.4 Å². The molecule has 1 aromatic heterocycles. The van der Waals surface area contributed by atoms with Crippen LogP contribution in [0.25, 0.3) is 10.9 Å². The van der Waals surface area contributed by atoms with Crippen LogP contribution in [0.2, 0.25) is 5.02 Å². The number of methoxy groups -OCH3 is 1. The van der Waals surface area contributed by atoms with Gasteiger partial charge in [-0.3, -0.25) is 4.79 Å². The van der Waals surface area contributed by atoms with E-state index in [9.17, 15) is 4.79 Å². The van der Waals surface area contributed by atoms with E-state index in [2.05, 4.69) is 10.3 Å². The third kappa shape index (κ3) is 3.49. The number of aromatic nitrogens is 1. The molecule has 3 rings (SSSR count). The van der Waals surface area contributed by atoms with E-state index >= 15 is 0 Å². The second-order valence-electron chi connectivity index (χ2n) is 6.55. The Bertz CT molecular complexity index is 898. The van der Waals surface area contributed by atoms with Crippen LogP contribution < -0.4 is 10.1 Å². The van der Waals surface area contributed by atoms with Gasteiger partial charge in [-0.15, -0.1) is 0 Å². The van der Waals surface area contributed by atoms with Crippen LogP contribution in [-0.4, -0.2) is 18.0 Å². The van der Waals surface area contributed by atoms with Crippen molar-refractivity contribution in [2.24, 2.45) is 0 Å². The fraction of sp³-hybridized carbons (Fsp3) is 0.250. The summed E-state index contributed by atoms with van der Waals surface area (Å²) in [4.78, 5) is 16.0. The van der Waals surface area contributed by atoms with Crippen LogP contribution in [0.1, 0.15) is 25.0 Å². The van der Waals surface area contributed by atoms with Gasteiger partial charge in [0.25, 0.3) is 0 Å². The minimum absolute atomic E-state index is 0.0360. The molecule has 130 valence electrons. The van der Waals surface area contributed by atoms with E-state index in [1.54, 1.807) is 7.11 Å². The first-order valence-corrected chi connectivity index (χ1v) is 8.48. The van der Waals surface area contributed by atoms with Crippen LogP contribution in [0.5, 0.6) is 5.75 Å². The Morgan fingerprint density at radius 1 is 1.20 bits per heavy atom. The highest BCUT2D eigenvalue weighted by atomic mass is 35.5. The lowest BCUT2D eigenvalue weighted by atomic mass is 9.83. The third-order valence-electron chi connectivity index (χ3n) is 4.50. The molecule has 1 heterocycles. The average Bonchev–Trinajstić information content (AvgIpc) is 3.04. The lowest BCUT2D eigenvalue weighted by Gasteiger charge is -2.23. The van der Waals surface area contributed by atoms with Crippen LogP contribution in [0.4, 0.5) is 0 Å². The molecule has 0 aliphatic heterocycles. The molecule has 2 N–H and O–H groups in total. The van der Waals surface area contributed by atoms with Crippen molar-refractivity contribution in [3.8, 4) is 5.75 Å². The summed E-state index contributed by atoms with van der Waals surface area (Å²) in [6.45, 7) is 4.31. The number of carbonyl (C=O) groups excluding carboxylic acids is 1. The van der Waals surface area contributed by atoms with E-state index in [0.717, 1.165) is 27.8 Å². The van der Waals surface area contributed by atoms with Gasteiger partial charge in [-0.25, -0.2) is 0 Å². The Kier molecular flexibility index (Phi) is 4.73. The zero-order chi connectivity index (χ0) is 18.0. The number of H-pyrrole nitrogens is 1. The highest BCUT2D eigenvalue weighted by molar-refractivity contribution is 6.30. The maximum absolute atomic E-state index is 12.8. The number of carbonyl (C=O) groups is 1. The maximum atomic E-state index is 12.8. The van der Waals surface area contributed by atoms with Crippen molar-refractivity contribution in [1.82, 2.24) is 10.3 Å². The number of hydrogen-bond donors (Lipinski definition) is 2. The number of fused-ring (bicyclic) bond motifs is 1. The highest BCUT2D eigenvalue weighted by Gasteiger charge is 2.32. The number of amides is 1. The zero-order valence-electron chi connectivity index (χ0n) is 14.5. The molecule has 25 heavy (non-hydrogen) atoms. The molecule has 0 radical (unpaired) electrons. The van der Waals surface area contributed by atoms with Gasteiger partial charge in [-0.05, 0) is 55.3 Å². The van der Waals surface area contributed by atoms with Gasteiger partial charge in [0.05, 0.1) is 12.5 Å². The molecule has 0 saturated carbocycles. The van der Waals surface area contributed by atoms with E-state index in [1.807, 2.05) is 62.5 Å². The minimum Gasteiger partial charge on any atom is -0.497 e. The number of aromatic amines is 1. The highest BCUT2D eigenvalue weighted by Crippen LogP contribution is 2.32. The van der Waals surface area contributed by atoms with Gasteiger partial charge in [-0.2, -0.15) is 0 Å². The van der Waals surface area contributed by atoms with E-state index in [0.29, 0.717) is 11.6 Å². The van der Waals surface area contributed by atoms with Crippen molar-refractivity contribution < 1.29 is 9.53 Å². The molecule has 2 aromatic carbocycles. The summed E-state index contributed by atoms with van der Waals surface area (Å²) in [6.07, 6.45) is 1.89. The van der Waals surface area contributed by atoms with Crippen LogP contribution in [0, 0.1) is 0 Å². The molecule has 0 spiro atoms. The first-order valence-electron chi connectivity index (χ1n) is 8.10. The lowest BCUT2D eigenvalue weighted by Crippen LogP contribution is -2.39. The number of ether oxygens (including phenoxy) is 1. The molecular formula is C20H21ClN2O2. The van der Waals surface area contributed by atoms with Crippen molar-refractivity contribution in [3.63, 3.8) is 0 Å². The predicted molar refractivity (Wildman–Crippen MR) is 101 cm³/mol. The largest absolute Gasteiger partial charge is 0.497 e. The Morgan fingerprint density at radius 3 is 2.60 bits per heavy atom. The predicted octanol–water partition coefficient (Wildman–Crippen LogP) is 4.42. The van der Waals surface area contributed by atoms with Gasteiger partial charge in [0.2, 0.25) is 5.91 Å². The summed E-state index contributed by atoms with van der Waals surface area (Å²) < 4.78 is 5.31. The third-order valence-corrected chi connectivity index (χ3v) is 4.75. The monoisotopic (exact) mass is 356 g/mol. The minimum atomic E-state index is -0.683. The lowest BCUT2D eigenvalue weighted by molar-refractivity contribution is -0.125. The first kappa shape index (κ1) is 17.4. The SMILES string of the molecule is COc1ccc2[nH]cc(C(C)(C)C(=O)NCc3ccc(Cl)cc3)c2c1. The zero-order valence-corrected chi connectivity index (χ0v) is 15.3. The summed E-state index contributed by atoms with van der Waals surface area (Å²) in [5.41, 5.74) is 2.25. The van der Waals surface area contributed by atoms with Crippen molar-refractivity contribution in [3.05, 3.63) is 64.8 Å². The number of hydrogen-bond acceptors (Lipinski definition) is 2. The summed E-state index contributed by atoms with van der Waals surface area (Å²) in [5.74, 6) is 0.733. The number of rotatable bonds is 5. The van der Waals surface area contributed by atoms with E-state index in [1.165, 1.54) is 0 Å². The smallest absolute Gasteiger partial charge is 0.230 e. The molecule has 0 fully saturated rings. The molecule has 0 atom stereocenters. The summed E-state index contributed by atoms with van der Waals surface area (Å²) >= 11 is 5.89. The topological polar surface area (TPSA) is 54.1 Å². The van der Waals surface area contributed by atoms with Crippen molar-refractivity contribution in [2.75, 3.05) is 7.11 Å². The van der Waals surface area contributed by atoms with E-state index in [-0.39, 0.29) is 5.91 Å². The van der Waals surface area contributed by atoms with Crippen LogP contribution >= 0.6 is 11.6 Å². The van der Waals surface area contributed by atoms with Gasteiger partial charge in [0, 0.05) is 28.7 Å². The van der Waals surface area contributed by atoms with E-state index < -0.39 is 5.41 Å². The molecule has 1 amide bonds. The van der Waals surface area contributed by atoms with Gasteiger partial charge in [-0.1, -0.05) is 23.7 Å². The molecule has 5 heteroatoms. The molecule has 4 nitrogen and oxygen atoms in total. The standard InChI is InChI=1S/C20H21ClN2O2/c1-20(2,19(24)23-11-13-4-6-14(21)7-5-13)17-12-22-18-9-8-15(25-3)10-16(17)18/h4-10,12,22H,11H2,1-3H3,(H,23,24). The van der Waals surface area contributed by atoms with Gasteiger partial charge < -0.3 is 15.0 Å². The second kappa shape index (κ2) is 6.81. The van der Waals surface area contributed by atoms with E-state index in [4.69, 9.17) is 16.3 Å². The molecule has 0 aliphatic rings. The number of nitrogens with one attached hydrogen (secondary N) is 2. The Labute approximate surface area is 152 Å². The van der Waals surface area contributed by atoms with Crippen LogP contribution in [0.3, 0.4) is 0 Å². The molecule has 0 unspecified atom stereocenters. The van der Waals surface area contributed by atoms with Gasteiger partial charge >= 0.3 is 0 Å². The van der Waals surface area contributed by atoms with Gasteiger partial charge in [0.1, 0.15) is 5.75 Å². The number of halogens is 1. The molecular weight excluding hydrogens is 336 g/mol. The fourth-order valence-electron chi connectivity index (χ4n) is 2.87.